The Morgan fingerprint density at radius 1 is 1.53 bits per heavy atom. The summed E-state index contributed by atoms with van der Waals surface area (Å²) >= 11 is 1.51. The fourth-order valence-electron chi connectivity index (χ4n) is 1.86. The summed E-state index contributed by atoms with van der Waals surface area (Å²) in [4.78, 5) is 12.9. The second-order valence-electron chi connectivity index (χ2n) is 3.93. The number of carboxylic acid groups (broad SMARTS) is 1. The van der Waals surface area contributed by atoms with Crippen LogP contribution in [0.15, 0.2) is 0 Å². The first-order valence-corrected chi connectivity index (χ1v) is 5.67. The molecule has 2 unspecified atom stereocenters. The van der Waals surface area contributed by atoms with Gasteiger partial charge in [-0.15, -0.1) is 10.2 Å². The van der Waals surface area contributed by atoms with Gasteiger partial charge in [0.15, 0.2) is 0 Å². The molecular formula is C9H13N3O2S. The van der Waals surface area contributed by atoms with E-state index in [-0.39, 0.29) is 11.8 Å². The summed E-state index contributed by atoms with van der Waals surface area (Å²) in [5, 5.41) is 18.7. The Morgan fingerprint density at radius 3 is 2.73 bits per heavy atom. The molecule has 2 atom stereocenters. The summed E-state index contributed by atoms with van der Waals surface area (Å²) in [5.74, 6) is -0.827. The lowest BCUT2D eigenvalue weighted by Gasteiger charge is -2.12. The van der Waals surface area contributed by atoms with E-state index in [0.717, 1.165) is 16.7 Å². The van der Waals surface area contributed by atoms with Gasteiger partial charge in [-0.1, -0.05) is 18.3 Å². The van der Waals surface area contributed by atoms with E-state index in [9.17, 15) is 4.79 Å². The topological polar surface area (TPSA) is 66.3 Å². The lowest BCUT2D eigenvalue weighted by atomic mass is 9.99. The third kappa shape index (κ3) is 1.94. The molecule has 1 N–H and O–H groups in total. The second-order valence-corrected chi connectivity index (χ2v) is 5.09. The molecule has 0 saturated carbocycles. The van der Waals surface area contributed by atoms with Crippen LogP contribution >= 0.6 is 11.3 Å². The van der Waals surface area contributed by atoms with Crippen LogP contribution in [0.3, 0.4) is 0 Å². The molecule has 0 bridgehead atoms. The summed E-state index contributed by atoms with van der Waals surface area (Å²) in [6.45, 7) is 5.17. The van der Waals surface area contributed by atoms with Crippen LogP contribution in [0.2, 0.25) is 0 Å². The van der Waals surface area contributed by atoms with Crippen molar-refractivity contribution in [2.75, 3.05) is 18.0 Å². The van der Waals surface area contributed by atoms with Crippen molar-refractivity contribution in [3.63, 3.8) is 0 Å². The van der Waals surface area contributed by atoms with Gasteiger partial charge in [-0.2, -0.15) is 0 Å². The average molecular weight is 227 g/mol. The van der Waals surface area contributed by atoms with Crippen molar-refractivity contribution in [2.24, 2.45) is 11.8 Å². The first-order valence-electron chi connectivity index (χ1n) is 4.86. The van der Waals surface area contributed by atoms with E-state index in [0.29, 0.717) is 6.54 Å². The molecule has 2 heterocycles. The fourth-order valence-corrected chi connectivity index (χ4v) is 2.56. The van der Waals surface area contributed by atoms with Crippen molar-refractivity contribution in [3.05, 3.63) is 5.01 Å². The Hall–Kier alpha value is -1.17. The molecule has 0 aromatic carbocycles. The molecule has 1 aliphatic rings. The number of anilines is 1. The predicted molar refractivity (Wildman–Crippen MR) is 57.1 cm³/mol. The van der Waals surface area contributed by atoms with Gasteiger partial charge < -0.3 is 10.0 Å². The number of hydrogen-bond acceptors (Lipinski definition) is 5. The maximum Gasteiger partial charge on any atom is 0.308 e. The molecule has 1 aromatic heterocycles. The predicted octanol–water partition coefficient (Wildman–Crippen LogP) is 1.00. The number of nitrogens with zero attached hydrogens (tertiary/aromatic N) is 3. The summed E-state index contributed by atoms with van der Waals surface area (Å²) in [5.41, 5.74) is 0. The van der Waals surface area contributed by atoms with E-state index in [2.05, 4.69) is 10.2 Å². The molecule has 0 amide bonds. The van der Waals surface area contributed by atoms with Gasteiger partial charge >= 0.3 is 5.97 Å². The Balaban J connectivity index is 2.12. The molecule has 1 aromatic rings. The van der Waals surface area contributed by atoms with E-state index in [4.69, 9.17) is 5.11 Å². The maximum atomic E-state index is 10.9. The highest BCUT2D eigenvalue weighted by molar-refractivity contribution is 7.15. The van der Waals surface area contributed by atoms with Gasteiger partial charge in [-0.05, 0) is 12.8 Å². The maximum absolute atomic E-state index is 10.9. The monoisotopic (exact) mass is 227 g/mol. The van der Waals surface area contributed by atoms with Gasteiger partial charge in [-0.3, -0.25) is 4.79 Å². The number of carbonyl (C=O) groups is 1. The number of aromatic nitrogens is 2. The SMILES string of the molecule is Cc1nnc(N2CC(C)C(C(=O)O)C2)s1. The minimum absolute atomic E-state index is 0.173. The van der Waals surface area contributed by atoms with Gasteiger partial charge in [0, 0.05) is 13.1 Å². The molecule has 0 spiro atoms. The lowest BCUT2D eigenvalue weighted by molar-refractivity contribution is -0.142. The van der Waals surface area contributed by atoms with E-state index in [1.54, 1.807) is 0 Å². The van der Waals surface area contributed by atoms with Gasteiger partial charge in [0.1, 0.15) is 5.01 Å². The van der Waals surface area contributed by atoms with E-state index in [1.165, 1.54) is 11.3 Å². The van der Waals surface area contributed by atoms with Crippen LogP contribution in [0.4, 0.5) is 5.13 Å². The first kappa shape index (κ1) is 10.4. The van der Waals surface area contributed by atoms with Crippen LogP contribution in [0, 0.1) is 18.8 Å². The Morgan fingerprint density at radius 2 is 2.27 bits per heavy atom. The van der Waals surface area contributed by atoms with E-state index in [1.807, 2.05) is 18.7 Å². The van der Waals surface area contributed by atoms with Crippen LogP contribution in [0.5, 0.6) is 0 Å². The standard InChI is InChI=1S/C9H13N3O2S/c1-5-3-12(4-7(5)8(13)14)9-11-10-6(2)15-9/h5,7H,3-4H2,1-2H3,(H,13,14). The van der Waals surface area contributed by atoms with Crippen molar-refractivity contribution in [2.45, 2.75) is 13.8 Å². The number of hydrogen-bond donors (Lipinski definition) is 1. The molecule has 1 saturated heterocycles. The average Bonchev–Trinajstić information content (AvgIpc) is 2.71. The Labute approximate surface area is 91.7 Å². The summed E-state index contributed by atoms with van der Waals surface area (Å²) in [7, 11) is 0. The molecular weight excluding hydrogens is 214 g/mol. The number of rotatable bonds is 2. The summed E-state index contributed by atoms with van der Waals surface area (Å²) in [6.07, 6.45) is 0. The molecule has 0 aliphatic carbocycles. The molecule has 1 aliphatic heterocycles. The van der Waals surface area contributed by atoms with Crippen LogP contribution < -0.4 is 4.90 Å². The third-order valence-electron chi connectivity index (χ3n) is 2.72. The molecule has 15 heavy (non-hydrogen) atoms. The van der Waals surface area contributed by atoms with E-state index >= 15 is 0 Å². The molecule has 2 rings (SSSR count). The van der Waals surface area contributed by atoms with Gasteiger partial charge in [-0.25, -0.2) is 0 Å². The number of aliphatic carboxylic acids is 1. The first-order chi connectivity index (χ1) is 7.08. The zero-order valence-corrected chi connectivity index (χ0v) is 9.49. The van der Waals surface area contributed by atoms with E-state index < -0.39 is 5.97 Å². The minimum atomic E-state index is -0.716. The zero-order chi connectivity index (χ0) is 11.0. The minimum Gasteiger partial charge on any atom is -0.481 e. The van der Waals surface area contributed by atoms with Crippen LogP contribution in [-0.4, -0.2) is 34.4 Å². The highest BCUT2D eigenvalue weighted by Crippen LogP contribution is 2.29. The molecule has 82 valence electrons. The van der Waals surface area contributed by atoms with Crippen molar-refractivity contribution in [1.29, 1.82) is 0 Å². The Kier molecular flexibility index (Phi) is 2.60. The number of carboxylic acids is 1. The van der Waals surface area contributed by atoms with Crippen molar-refractivity contribution in [3.8, 4) is 0 Å². The highest BCUT2D eigenvalue weighted by Gasteiger charge is 2.35. The van der Waals surface area contributed by atoms with Crippen molar-refractivity contribution < 1.29 is 9.90 Å². The quantitative estimate of drug-likeness (QED) is 0.816. The highest BCUT2D eigenvalue weighted by atomic mass is 32.1. The molecule has 0 radical (unpaired) electrons. The fraction of sp³-hybridized carbons (Fsp3) is 0.667. The smallest absolute Gasteiger partial charge is 0.308 e. The van der Waals surface area contributed by atoms with Crippen molar-refractivity contribution in [1.82, 2.24) is 10.2 Å². The van der Waals surface area contributed by atoms with Gasteiger partial charge in [0.05, 0.1) is 5.92 Å². The number of aryl methyl sites for hydroxylation is 1. The van der Waals surface area contributed by atoms with Crippen LogP contribution in [0.25, 0.3) is 0 Å². The zero-order valence-electron chi connectivity index (χ0n) is 8.67. The molecule has 1 fully saturated rings. The Bertz CT molecular complexity index is 379. The largest absolute Gasteiger partial charge is 0.481 e. The van der Waals surface area contributed by atoms with Crippen LogP contribution in [-0.2, 0) is 4.79 Å². The van der Waals surface area contributed by atoms with Crippen LogP contribution in [0.1, 0.15) is 11.9 Å². The van der Waals surface area contributed by atoms with Gasteiger partial charge in [0.25, 0.3) is 0 Å². The third-order valence-corrected chi connectivity index (χ3v) is 3.61. The summed E-state index contributed by atoms with van der Waals surface area (Å²) < 4.78 is 0. The second kappa shape index (κ2) is 3.77. The summed E-state index contributed by atoms with van der Waals surface area (Å²) in [6, 6.07) is 0. The lowest BCUT2D eigenvalue weighted by Crippen LogP contribution is -2.22. The normalized spacial score (nSPS) is 25.9. The molecule has 5 nitrogen and oxygen atoms in total. The van der Waals surface area contributed by atoms with Crippen molar-refractivity contribution >= 4 is 22.4 Å². The molecule has 6 heteroatoms. The van der Waals surface area contributed by atoms with Gasteiger partial charge in [0.2, 0.25) is 5.13 Å².